The molecule has 3 nitrogen and oxygen atoms in total. The van der Waals surface area contributed by atoms with Gasteiger partial charge < -0.3 is 5.73 Å². The minimum Gasteiger partial charge on any atom is -0.396 e. The third-order valence-corrected chi connectivity index (χ3v) is 1.61. The average molecular weight is 175 g/mol. The maximum Gasteiger partial charge on any atom is 0.147 e. The van der Waals surface area contributed by atoms with Gasteiger partial charge in [-0.2, -0.15) is 10.5 Å². The smallest absolute Gasteiger partial charge is 0.147 e. The van der Waals surface area contributed by atoms with Crippen molar-refractivity contribution in [3.63, 3.8) is 0 Å². The van der Waals surface area contributed by atoms with Crippen LogP contribution < -0.4 is 5.73 Å². The Balaban J connectivity index is 3.28. The van der Waals surface area contributed by atoms with E-state index in [1.165, 1.54) is 6.07 Å². The molecule has 0 aliphatic carbocycles. The highest BCUT2D eigenvalue weighted by Crippen LogP contribution is 2.17. The van der Waals surface area contributed by atoms with E-state index in [0.717, 1.165) is 6.07 Å². The van der Waals surface area contributed by atoms with Crippen LogP contribution in [0.25, 0.3) is 0 Å². The Kier molecular flexibility index (Phi) is 2.47. The van der Waals surface area contributed by atoms with Gasteiger partial charge in [0, 0.05) is 0 Å². The molecule has 1 aromatic rings. The summed E-state index contributed by atoms with van der Waals surface area (Å²) in [6.07, 6.45) is 0.0629. The van der Waals surface area contributed by atoms with Crippen LogP contribution >= 0.6 is 0 Å². The zero-order valence-electron chi connectivity index (χ0n) is 6.71. The minimum absolute atomic E-state index is 0.0377. The highest BCUT2D eigenvalue weighted by atomic mass is 19.1. The molecule has 0 heterocycles. The monoisotopic (exact) mass is 175 g/mol. The summed E-state index contributed by atoms with van der Waals surface area (Å²) in [7, 11) is 0. The molecule has 64 valence electrons. The standard InChI is InChI=1S/C9H6FN3/c10-8-3-7(5-12)6(1-2-11)4-9(8)13/h3-4H,1,13H2. The zero-order chi connectivity index (χ0) is 9.84. The van der Waals surface area contributed by atoms with Crippen molar-refractivity contribution < 1.29 is 4.39 Å². The third-order valence-electron chi connectivity index (χ3n) is 1.61. The summed E-state index contributed by atoms with van der Waals surface area (Å²) in [6, 6.07) is 6.04. The van der Waals surface area contributed by atoms with E-state index >= 15 is 0 Å². The van der Waals surface area contributed by atoms with Crippen LogP contribution in [0.4, 0.5) is 10.1 Å². The van der Waals surface area contributed by atoms with Gasteiger partial charge in [0.15, 0.2) is 0 Å². The second-order valence-corrected chi connectivity index (χ2v) is 2.48. The van der Waals surface area contributed by atoms with Crippen molar-refractivity contribution in [3.8, 4) is 12.1 Å². The van der Waals surface area contributed by atoms with Crippen molar-refractivity contribution in [1.29, 1.82) is 10.5 Å². The van der Waals surface area contributed by atoms with Gasteiger partial charge in [-0.1, -0.05) is 0 Å². The molecule has 1 rings (SSSR count). The van der Waals surface area contributed by atoms with Gasteiger partial charge in [-0.25, -0.2) is 4.39 Å². The Labute approximate surface area is 74.8 Å². The number of nitrogens with zero attached hydrogens (tertiary/aromatic N) is 2. The summed E-state index contributed by atoms with van der Waals surface area (Å²) in [5.41, 5.74) is 5.87. The number of halogens is 1. The van der Waals surface area contributed by atoms with E-state index < -0.39 is 5.82 Å². The number of benzene rings is 1. The molecular weight excluding hydrogens is 169 g/mol. The maximum absolute atomic E-state index is 12.8. The number of nitriles is 2. The van der Waals surface area contributed by atoms with Crippen molar-refractivity contribution in [2.75, 3.05) is 5.73 Å². The van der Waals surface area contributed by atoms with E-state index in [0.29, 0.717) is 5.56 Å². The van der Waals surface area contributed by atoms with Gasteiger partial charge in [0.05, 0.1) is 29.8 Å². The number of nitrogens with two attached hydrogens (primary N) is 1. The van der Waals surface area contributed by atoms with Gasteiger partial charge in [-0.3, -0.25) is 0 Å². The average Bonchev–Trinajstić information content (AvgIpc) is 2.11. The van der Waals surface area contributed by atoms with Gasteiger partial charge >= 0.3 is 0 Å². The van der Waals surface area contributed by atoms with E-state index in [1.54, 1.807) is 6.07 Å². The van der Waals surface area contributed by atoms with Crippen LogP contribution in [-0.2, 0) is 6.42 Å². The predicted octanol–water partition coefficient (Wildman–Crippen LogP) is 1.35. The lowest BCUT2D eigenvalue weighted by atomic mass is 10.0. The summed E-state index contributed by atoms with van der Waals surface area (Å²) in [6.45, 7) is 0. The molecule has 0 aromatic heterocycles. The highest BCUT2D eigenvalue weighted by molar-refractivity contribution is 5.51. The Bertz CT molecular complexity index is 412. The molecule has 0 aliphatic heterocycles. The number of hydrogen-bond donors (Lipinski definition) is 1. The van der Waals surface area contributed by atoms with Crippen molar-refractivity contribution in [3.05, 3.63) is 29.1 Å². The van der Waals surface area contributed by atoms with Crippen molar-refractivity contribution >= 4 is 5.69 Å². The Morgan fingerprint density at radius 3 is 2.62 bits per heavy atom. The molecule has 4 heteroatoms. The molecule has 0 saturated heterocycles. The van der Waals surface area contributed by atoms with Gasteiger partial charge in [0.25, 0.3) is 0 Å². The van der Waals surface area contributed by atoms with Crippen LogP contribution in [0.1, 0.15) is 11.1 Å². The molecule has 0 saturated carbocycles. The first-order valence-electron chi connectivity index (χ1n) is 3.54. The largest absolute Gasteiger partial charge is 0.396 e. The lowest BCUT2D eigenvalue weighted by molar-refractivity contribution is 0.631. The second kappa shape index (κ2) is 3.55. The predicted molar refractivity (Wildman–Crippen MR) is 44.8 cm³/mol. The molecule has 2 N–H and O–H groups in total. The molecular formula is C9H6FN3. The van der Waals surface area contributed by atoms with Crippen molar-refractivity contribution in [2.45, 2.75) is 6.42 Å². The number of nitrogen functional groups attached to an aromatic ring is 1. The Morgan fingerprint density at radius 2 is 2.08 bits per heavy atom. The van der Waals surface area contributed by atoms with E-state index in [2.05, 4.69) is 0 Å². The Morgan fingerprint density at radius 1 is 1.38 bits per heavy atom. The summed E-state index contributed by atoms with van der Waals surface area (Å²) >= 11 is 0. The summed E-state index contributed by atoms with van der Waals surface area (Å²) < 4.78 is 12.8. The van der Waals surface area contributed by atoms with Gasteiger partial charge in [-0.15, -0.1) is 0 Å². The fourth-order valence-corrected chi connectivity index (χ4v) is 0.973. The topological polar surface area (TPSA) is 73.6 Å². The quantitative estimate of drug-likeness (QED) is 0.654. The van der Waals surface area contributed by atoms with Crippen molar-refractivity contribution in [2.24, 2.45) is 0 Å². The molecule has 1 aromatic carbocycles. The molecule has 0 aliphatic rings. The van der Waals surface area contributed by atoms with Crippen LogP contribution in [0.2, 0.25) is 0 Å². The normalized spacial score (nSPS) is 8.85. The minimum atomic E-state index is -0.627. The number of rotatable bonds is 1. The lowest BCUT2D eigenvalue weighted by Crippen LogP contribution is -1.96. The fraction of sp³-hybridized carbons (Fsp3) is 0.111. The number of hydrogen-bond acceptors (Lipinski definition) is 3. The molecule has 0 atom stereocenters. The molecule has 0 fully saturated rings. The van der Waals surface area contributed by atoms with Gasteiger partial charge in [0.2, 0.25) is 0 Å². The first-order chi connectivity index (χ1) is 6.19. The zero-order valence-corrected chi connectivity index (χ0v) is 6.71. The van der Waals surface area contributed by atoms with E-state index in [-0.39, 0.29) is 17.7 Å². The molecule has 0 spiro atoms. The first kappa shape index (κ1) is 9.02. The molecule has 0 amide bonds. The van der Waals surface area contributed by atoms with Crippen LogP contribution in [0.3, 0.4) is 0 Å². The molecule has 13 heavy (non-hydrogen) atoms. The summed E-state index contributed by atoms with van der Waals surface area (Å²) in [5.74, 6) is -0.627. The molecule has 0 unspecified atom stereocenters. The second-order valence-electron chi connectivity index (χ2n) is 2.48. The van der Waals surface area contributed by atoms with Crippen LogP contribution in [0, 0.1) is 28.5 Å². The Hall–Kier alpha value is -2.07. The van der Waals surface area contributed by atoms with Crippen LogP contribution in [0.15, 0.2) is 12.1 Å². The van der Waals surface area contributed by atoms with Gasteiger partial charge in [-0.05, 0) is 17.7 Å². The van der Waals surface area contributed by atoms with Crippen molar-refractivity contribution in [1.82, 2.24) is 0 Å². The third kappa shape index (κ3) is 1.74. The highest BCUT2D eigenvalue weighted by Gasteiger charge is 2.06. The van der Waals surface area contributed by atoms with Crippen LogP contribution in [0.5, 0.6) is 0 Å². The first-order valence-corrected chi connectivity index (χ1v) is 3.54. The van der Waals surface area contributed by atoms with E-state index in [1.807, 2.05) is 6.07 Å². The van der Waals surface area contributed by atoms with E-state index in [9.17, 15) is 4.39 Å². The lowest BCUT2D eigenvalue weighted by Gasteiger charge is -2.01. The summed E-state index contributed by atoms with van der Waals surface area (Å²) in [4.78, 5) is 0. The van der Waals surface area contributed by atoms with E-state index in [4.69, 9.17) is 16.3 Å². The SMILES string of the molecule is N#CCc1cc(N)c(F)cc1C#N. The number of anilines is 1. The van der Waals surface area contributed by atoms with Gasteiger partial charge in [0.1, 0.15) is 5.82 Å². The fourth-order valence-electron chi connectivity index (χ4n) is 0.973. The van der Waals surface area contributed by atoms with Crippen LogP contribution in [-0.4, -0.2) is 0 Å². The molecule has 0 bridgehead atoms. The molecule has 0 radical (unpaired) electrons. The maximum atomic E-state index is 12.8. The summed E-state index contributed by atoms with van der Waals surface area (Å²) in [5, 5.41) is 17.0.